The van der Waals surface area contributed by atoms with E-state index in [4.69, 9.17) is 0 Å². The summed E-state index contributed by atoms with van der Waals surface area (Å²) in [4.78, 5) is 15.8. The number of nitrogens with zero attached hydrogens (tertiary/aromatic N) is 2. The predicted octanol–water partition coefficient (Wildman–Crippen LogP) is 2.19. The molecule has 0 unspecified atom stereocenters. The van der Waals surface area contributed by atoms with E-state index in [1.165, 1.54) is 18.5 Å². The van der Waals surface area contributed by atoms with Gasteiger partial charge >= 0.3 is 0 Å². The third-order valence-electron chi connectivity index (χ3n) is 4.23. The summed E-state index contributed by atoms with van der Waals surface area (Å²) in [5, 5.41) is 9.13. The number of amides is 1. The van der Waals surface area contributed by atoms with Crippen molar-refractivity contribution in [1.29, 1.82) is 0 Å². The van der Waals surface area contributed by atoms with E-state index in [1.807, 2.05) is 12.1 Å². The Morgan fingerprint density at radius 2 is 2.00 bits per heavy atom. The Morgan fingerprint density at radius 1 is 1.29 bits per heavy atom. The number of halogens is 1. The monoisotopic (exact) mass is 288 g/mol. The number of hydrogen-bond donors (Lipinski definition) is 2. The fourth-order valence-corrected chi connectivity index (χ4v) is 3.07. The summed E-state index contributed by atoms with van der Waals surface area (Å²) in [5.41, 5.74) is 0.975. The topological polar surface area (TPSA) is 70.7 Å². The molecule has 1 fully saturated rings. The van der Waals surface area contributed by atoms with Crippen LogP contribution < -0.4 is 5.32 Å². The largest absolute Gasteiger partial charge is 0.348 e. The van der Waals surface area contributed by atoms with Gasteiger partial charge in [0.25, 0.3) is 5.91 Å². The molecule has 0 saturated heterocycles. The van der Waals surface area contributed by atoms with Crippen LogP contribution in [-0.4, -0.2) is 27.6 Å². The summed E-state index contributed by atoms with van der Waals surface area (Å²) >= 11 is 0. The molecule has 2 N–H and O–H groups in total. The molecule has 3 rings (SSSR count). The molecule has 1 aliphatic carbocycles. The standard InChI is InChI=1S/C15H17FN4O/c16-12-5-3-11(4-6-12)15(7-1-2-8-15)9-17-14(21)13-18-10-19-20-13/h3-6,10H,1-2,7-9H2,(H,17,21)(H,18,19,20). The first-order valence-corrected chi connectivity index (χ1v) is 7.09. The van der Waals surface area contributed by atoms with Crippen LogP contribution in [0.25, 0.3) is 0 Å². The van der Waals surface area contributed by atoms with Crippen molar-refractivity contribution in [3.05, 3.63) is 47.8 Å². The number of hydrogen-bond acceptors (Lipinski definition) is 3. The van der Waals surface area contributed by atoms with E-state index in [-0.39, 0.29) is 23.0 Å². The highest BCUT2D eigenvalue weighted by molar-refractivity contribution is 5.90. The van der Waals surface area contributed by atoms with Gasteiger partial charge in [0, 0.05) is 12.0 Å². The molecule has 5 nitrogen and oxygen atoms in total. The molecule has 0 spiro atoms. The molecule has 1 aliphatic rings. The van der Waals surface area contributed by atoms with Gasteiger partial charge in [0.1, 0.15) is 12.1 Å². The summed E-state index contributed by atoms with van der Waals surface area (Å²) in [6, 6.07) is 6.60. The van der Waals surface area contributed by atoms with Crippen molar-refractivity contribution in [3.63, 3.8) is 0 Å². The van der Waals surface area contributed by atoms with Crippen molar-refractivity contribution in [1.82, 2.24) is 20.5 Å². The number of aromatic nitrogens is 3. The Kier molecular flexibility index (Phi) is 3.68. The van der Waals surface area contributed by atoms with Crippen molar-refractivity contribution >= 4 is 5.91 Å². The van der Waals surface area contributed by atoms with Gasteiger partial charge in [-0.3, -0.25) is 9.89 Å². The van der Waals surface area contributed by atoms with Gasteiger partial charge in [-0.15, -0.1) is 0 Å². The molecule has 6 heteroatoms. The van der Waals surface area contributed by atoms with Crippen molar-refractivity contribution in [2.75, 3.05) is 6.54 Å². The minimum atomic E-state index is -0.263. The van der Waals surface area contributed by atoms with Crippen molar-refractivity contribution in [3.8, 4) is 0 Å². The van der Waals surface area contributed by atoms with Crippen LogP contribution in [-0.2, 0) is 5.41 Å². The number of rotatable bonds is 4. The average molecular weight is 288 g/mol. The maximum Gasteiger partial charge on any atom is 0.288 e. The van der Waals surface area contributed by atoms with Gasteiger partial charge < -0.3 is 5.32 Å². The molecule has 1 aromatic heterocycles. The van der Waals surface area contributed by atoms with E-state index in [0.717, 1.165) is 31.2 Å². The van der Waals surface area contributed by atoms with E-state index < -0.39 is 0 Å². The second kappa shape index (κ2) is 5.63. The highest BCUT2D eigenvalue weighted by Crippen LogP contribution is 2.40. The van der Waals surface area contributed by atoms with E-state index in [9.17, 15) is 9.18 Å². The zero-order valence-corrected chi connectivity index (χ0v) is 11.6. The van der Waals surface area contributed by atoms with E-state index in [0.29, 0.717) is 6.54 Å². The lowest BCUT2D eigenvalue weighted by Crippen LogP contribution is -2.39. The fourth-order valence-electron chi connectivity index (χ4n) is 3.07. The van der Waals surface area contributed by atoms with Crippen LogP contribution in [0.5, 0.6) is 0 Å². The molecule has 0 atom stereocenters. The van der Waals surface area contributed by atoms with E-state index in [2.05, 4.69) is 20.5 Å². The third-order valence-corrected chi connectivity index (χ3v) is 4.23. The van der Waals surface area contributed by atoms with Crippen LogP contribution in [0.4, 0.5) is 4.39 Å². The van der Waals surface area contributed by atoms with Crippen molar-refractivity contribution in [2.45, 2.75) is 31.1 Å². The van der Waals surface area contributed by atoms with Crippen LogP contribution in [0, 0.1) is 5.82 Å². The highest BCUT2D eigenvalue weighted by Gasteiger charge is 2.36. The number of H-pyrrole nitrogens is 1. The van der Waals surface area contributed by atoms with E-state index >= 15 is 0 Å². The molecule has 1 saturated carbocycles. The van der Waals surface area contributed by atoms with Crippen LogP contribution in [0.1, 0.15) is 41.9 Å². The number of carbonyl (C=O) groups is 1. The van der Waals surface area contributed by atoms with E-state index in [1.54, 1.807) is 0 Å². The fraction of sp³-hybridized carbons (Fsp3) is 0.400. The first-order chi connectivity index (χ1) is 10.2. The van der Waals surface area contributed by atoms with Crippen LogP contribution in [0.15, 0.2) is 30.6 Å². The Labute approximate surface area is 122 Å². The average Bonchev–Trinajstić information content (AvgIpc) is 3.18. The van der Waals surface area contributed by atoms with Gasteiger partial charge in [-0.1, -0.05) is 25.0 Å². The molecule has 2 aromatic rings. The first kappa shape index (κ1) is 13.7. The lowest BCUT2D eigenvalue weighted by molar-refractivity contribution is 0.0933. The summed E-state index contributed by atoms with van der Waals surface area (Å²) in [6.07, 6.45) is 5.54. The number of benzene rings is 1. The molecular formula is C15H17FN4O. The quantitative estimate of drug-likeness (QED) is 0.906. The van der Waals surface area contributed by atoms with Crippen molar-refractivity contribution in [2.24, 2.45) is 0 Å². The molecule has 0 aliphatic heterocycles. The molecule has 1 heterocycles. The van der Waals surface area contributed by atoms with Crippen molar-refractivity contribution < 1.29 is 9.18 Å². The summed E-state index contributed by atoms with van der Waals surface area (Å²) < 4.78 is 13.1. The second-order valence-corrected chi connectivity index (χ2v) is 5.51. The van der Waals surface area contributed by atoms with Gasteiger partial charge in [0.05, 0.1) is 0 Å². The summed E-state index contributed by atoms with van der Waals surface area (Å²) in [5.74, 6) is -0.291. The number of carbonyl (C=O) groups excluding carboxylic acids is 1. The Balaban J connectivity index is 1.75. The SMILES string of the molecule is O=C(NCC1(c2ccc(F)cc2)CCCC1)c1ncn[nH]1. The Morgan fingerprint density at radius 3 is 2.62 bits per heavy atom. The highest BCUT2D eigenvalue weighted by atomic mass is 19.1. The van der Waals surface area contributed by atoms with Crippen LogP contribution >= 0.6 is 0 Å². The smallest absolute Gasteiger partial charge is 0.288 e. The zero-order chi connectivity index (χ0) is 14.7. The van der Waals surface area contributed by atoms with Gasteiger partial charge in [-0.05, 0) is 30.5 Å². The van der Waals surface area contributed by atoms with Gasteiger partial charge in [-0.2, -0.15) is 5.10 Å². The Bertz CT molecular complexity index is 603. The normalized spacial score (nSPS) is 16.8. The first-order valence-electron chi connectivity index (χ1n) is 7.09. The minimum Gasteiger partial charge on any atom is -0.348 e. The van der Waals surface area contributed by atoms with Crippen LogP contribution in [0.2, 0.25) is 0 Å². The molecule has 0 bridgehead atoms. The molecule has 110 valence electrons. The van der Waals surface area contributed by atoms with Gasteiger partial charge in [0.2, 0.25) is 5.82 Å². The van der Waals surface area contributed by atoms with Crippen LogP contribution in [0.3, 0.4) is 0 Å². The number of nitrogens with one attached hydrogen (secondary N) is 2. The lowest BCUT2D eigenvalue weighted by atomic mass is 9.79. The minimum absolute atomic E-state index is 0.108. The third kappa shape index (κ3) is 2.79. The molecule has 1 aromatic carbocycles. The Hall–Kier alpha value is -2.24. The maximum absolute atomic E-state index is 13.1. The van der Waals surface area contributed by atoms with Gasteiger partial charge in [-0.25, -0.2) is 9.37 Å². The molecular weight excluding hydrogens is 271 g/mol. The predicted molar refractivity (Wildman–Crippen MR) is 75.3 cm³/mol. The second-order valence-electron chi connectivity index (χ2n) is 5.51. The van der Waals surface area contributed by atoms with Gasteiger partial charge in [0.15, 0.2) is 0 Å². The maximum atomic E-state index is 13.1. The molecule has 0 radical (unpaired) electrons. The summed E-state index contributed by atoms with van der Waals surface area (Å²) in [6.45, 7) is 0.526. The number of aromatic amines is 1. The molecule has 1 amide bonds. The summed E-state index contributed by atoms with van der Waals surface area (Å²) in [7, 11) is 0. The molecule has 21 heavy (non-hydrogen) atoms. The lowest BCUT2D eigenvalue weighted by Gasteiger charge is -2.29. The zero-order valence-electron chi connectivity index (χ0n) is 11.6.